The Labute approximate surface area is 152 Å². The zero-order chi connectivity index (χ0) is 18.9. The second kappa shape index (κ2) is 9.75. The molecule has 0 saturated carbocycles. The number of ether oxygens (including phenoxy) is 1. The standard InChI is InChI=1S/C20H24F2N2O2/c1-3-4-7-15-10-11-17(14(2)12-15)24-20(25)23-13-16-8-5-6-9-18(16)26-19(21)22/h5-6,8-12,19H,3-4,7,13H2,1-2H3,(H2,23,24,25). The van der Waals surface area contributed by atoms with E-state index in [2.05, 4.69) is 28.4 Å². The van der Waals surface area contributed by atoms with Crippen LogP contribution in [0.4, 0.5) is 19.3 Å². The maximum atomic E-state index is 12.4. The van der Waals surface area contributed by atoms with Gasteiger partial charge in [-0.1, -0.05) is 43.7 Å². The van der Waals surface area contributed by atoms with E-state index in [1.165, 1.54) is 11.6 Å². The number of urea groups is 1. The lowest BCUT2D eigenvalue weighted by molar-refractivity contribution is -0.0504. The lowest BCUT2D eigenvalue weighted by Crippen LogP contribution is -2.28. The summed E-state index contributed by atoms with van der Waals surface area (Å²) >= 11 is 0. The molecule has 6 heteroatoms. The highest BCUT2D eigenvalue weighted by Gasteiger charge is 2.10. The van der Waals surface area contributed by atoms with Gasteiger partial charge in [0.1, 0.15) is 5.75 Å². The maximum absolute atomic E-state index is 12.4. The molecule has 0 bridgehead atoms. The van der Waals surface area contributed by atoms with E-state index in [1.54, 1.807) is 18.2 Å². The molecule has 0 fully saturated rings. The van der Waals surface area contributed by atoms with Crippen LogP contribution in [0.15, 0.2) is 42.5 Å². The third kappa shape index (κ3) is 6.02. The molecule has 0 aromatic heterocycles. The van der Waals surface area contributed by atoms with E-state index in [9.17, 15) is 13.6 Å². The van der Waals surface area contributed by atoms with Crippen molar-refractivity contribution in [3.63, 3.8) is 0 Å². The highest BCUT2D eigenvalue weighted by molar-refractivity contribution is 5.90. The van der Waals surface area contributed by atoms with Crippen molar-refractivity contribution in [2.45, 2.75) is 46.3 Å². The van der Waals surface area contributed by atoms with Crippen LogP contribution in [0.5, 0.6) is 5.75 Å². The number of carbonyl (C=O) groups excluding carboxylic acids is 1. The van der Waals surface area contributed by atoms with Crippen LogP contribution in [0.1, 0.15) is 36.5 Å². The van der Waals surface area contributed by atoms with Crippen molar-refractivity contribution in [2.75, 3.05) is 5.32 Å². The topological polar surface area (TPSA) is 50.4 Å². The summed E-state index contributed by atoms with van der Waals surface area (Å²) in [5.74, 6) is 0.0549. The van der Waals surface area contributed by atoms with Gasteiger partial charge >= 0.3 is 12.6 Å². The number of carbonyl (C=O) groups is 1. The van der Waals surface area contributed by atoms with Gasteiger partial charge in [-0.15, -0.1) is 0 Å². The summed E-state index contributed by atoms with van der Waals surface area (Å²) in [6.45, 7) is 1.27. The molecule has 2 N–H and O–H groups in total. The number of aryl methyl sites for hydroxylation is 2. The number of rotatable bonds is 8. The summed E-state index contributed by atoms with van der Waals surface area (Å²) in [4.78, 5) is 12.1. The highest BCUT2D eigenvalue weighted by Crippen LogP contribution is 2.21. The number of hydrogen-bond acceptors (Lipinski definition) is 2. The minimum atomic E-state index is -2.90. The fraction of sp³-hybridized carbons (Fsp3) is 0.350. The second-order valence-corrected chi connectivity index (χ2v) is 6.05. The van der Waals surface area contributed by atoms with Gasteiger partial charge < -0.3 is 15.4 Å². The Hall–Kier alpha value is -2.63. The Kier molecular flexibility index (Phi) is 7.38. The van der Waals surface area contributed by atoms with E-state index in [-0.39, 0.29) is 12.3 Å². The number of hydrogen-bond donors (Lipinski definition) is 2. The van der Waals surface area contributed by atoms with Gasteiger partial charge in [0.25, 0.3) is 0 Å². The van der Waals surface area contributed by atoms with E-state index in [1.807, 2.05) is 19.1 Å². The largest absolute Gasteiger partial charge is 0.434 e. The summed E-state index contributed by atoms with van der Waals surface area (Å²) in [5, 5.41) is 5.45. The van der Waals surface area contributed by atoms with E-state index in [4.69, 9.17) is 0 Å². The smallest absolute Gasteiger partial charge is 0.387 e. The lowest BCUT2D eigenvalue weighted by atomic mass is 10.0. The molecule has 0 saturated heterocycles. The predicted octanol–water partition coefficient (Wildman–Crippen LogP) is 5.26. The molecule has 2 rings (SSSR count). The minimum Gasteiger partial charge on any atom is -0.434 e. The van der Waals surface area contributed by atoms with Gasteiger partial charge in [0.15, 0.2) is 0 Å². The quantitative estimate of drug-likeness (QED) is 0.673. The Morgan fingerprint density at radius 3 is 2.65 bits per heavy atom. The molecule has 140 valence electrons. The zero-order valence-corrected chi connectivity index (χ0v) is 15.0. The van der Waals surface area contributed by atoms with Gasteiger partial charge in [0.2, 0.25) is 0 Å². The Morgan fingerprint density at radius 1 is 1.19 bits per heavy atom. The van der Waals surface area contributed by atoms with Crippen molar-refractivity contribution in [3.8, 4) is 5.75 Å². The summed E-state index contributed by atoms with van der Waals surface area (Å²) in [7, 11) is 0. The normalized spacial score (nSPS) is 10.7. The van der Waals surface area contributed by atoms with Crippen LogP contribution in [0.25, 0.3) is 0 Å². The fourth-order valence-electron chi connectivity index (χ4n) is 2.61. The molecule has 2 amide bonds. The van der Waals surface area contributed by atoms with E-state index < -0.39 is 12.6 Å². The first-order chi connectivity index (χ1) is 12.5. The third-order valence-corrected chi connectivity index (χ3v) is 3.99. The molecule has 0 heterocycles. The average Bonchev–Trinajstić information content (AvgIpc) is 2.61. The number of amides is 2. The number of anilines is 1. The monoisotopic (exact) mass is 362 g/mol. The third-order valence-electron chi connectivity index (χ3n) is 3.99. The Morgan fingerprint density at radius 2 is 1.96 bits per heavy atom. The van der Waals surface area contributed by atoms with Crippen molar-refractivity contribution < 1.29 is 18.3 Å². The van der Waals surface area contributed by atoms with Crippen molar-refractivity contribution >= 4 is 11.7 Å². The SMILES string of the molecule is CCCCc1ccc(NC(=O)NCc2ccccc2OC(F)F)c(C)c1. The van der Waals surface area contributed by atoms with Gasteiger partial charge in [-0.2, -0.15) is 8.78 Å². The number of para-hydroxylation sites is 1. The average molecular weight is 362 g/mol. The second-order valence-electron chi connectivity index (χ2n) is 6.05. The summed E-state index contributed by atoms with van der Waals surface area (Å²) < 4.78 is 29.3. The first-order valence-electron chi connectivity index (χ1n) is 8.66. The number of unbranched alkanes of at least 4 members (excludes halogenated alkanes) is 1. The molecule has 4 nitrogen and oxygen atoms in total. The number of nitrogens with one attached hydrogen (secondary N) is 2. The van der Waals surface area contributed by atoms with Crippen molar-refractivity contribution in [3.05, 3.63) is 59.2 Å². The van der Waals surface area contributed by atoms with Crippen LogP contribution in [-0.4, -0.2) is 12.6 Å². The molecule has 0 radical (unpaired) electrons. The number of alkyl halides is 2. The fourth-order valence-corrected chi connectivity index (χ4v) is 2.61. The van der Waals surface area contributed by atoms with Crippen LogP contribution in [-0.2, 0) is 13.0 Å². The predicted molar refractivity (Wildman–Crippen MR) is 98.7 cm³/mol. The van der Waals surface area contributed by atoms with Gasteiger partial charge in [-0.05, 0) is 43.0 Å². The van der Waals surface area contributed by atoms with Gasteiger partial charge in [0, 0.05) is 17.8 Å². The first kappa shape index (κ1) is 19.7. The molecule has 0 spiro atoms. The van der Waals surface area contributed by atoms with Crippen molar-refractivity contribution in [1.82, 2.24) is 5.32 Å². The molecule has 2 aromatic carbocycles. The van der Waals surface area contributed by atoms with Crippen LogP contribution < -0.4 is 15.4 Å². The van der Waals surface area contributed by atoms with Crippen LogP contribution in [0.3, 0.4) is 0 Å². The van der Waals surface area contributed by atoms with Gasteiger partial charge in [-0.25, -0.2) is 4.79 Å². The van der Waals surface area contributed by atoms with E-state index in [0.717, 1.165) is 30.5 Å². The maximum Gasteiger partial charge on any atom is 0.387 e. The molecule has 0 aliphatic rings. The molecule has 26 heavy (non-hydrogen) atoms. The molecular weight excluding hydrogens is 338 g/mol. The van der Waals surface area contributed by atoms with Gasteiger partial charge in [0.05, 0.1) is 0 Å². The first-order valence-corrected chi connectivity index (χ1v) is 8.66. The van der Waals surface area contributed by atoms with Crippen LogP contribution in [0, 0.1) is 6.92 Å². The van der Waals surface area contributed by atoms with Crippen LogP contribution >= 0.6 is 0 Å². The van der Waals surface area contributed by atoms with Crippen molar-refractivity contribution in [1.29, 1.82) is 0 Å². The molecule has 0 unspecified atom stereocenters. The van der Waals surface area contributed by atoms with Crippen LogP contribution in [0.2, 0.25) is 0 Å². The molecule has 0 aliphatic heterocycles. The molecule has 0 atom stereocenters. The Balaban J connectivity index is 1.93. The molecule has 0 aliphatic carbocycles. The van der Waals surface area contributed by atoms with E-state index in [0.29, 0.717) is 5.56 Å². The highest BCUT2D eigenvalue weighted by atomic mass is 19.3. The van der Waals surface area contributed by atoms with E-state index >= 15 is 0 Å². The minimum absolute atomic E-state index is 0.0549. The summed E-state index contributed by atoms with van der Waals surface area (Å²) in [6, 6.07) is 11.9. The zero-order valence-electron chi connectivity index (χ0n) is 15.0. The van der Waals surface area contributed by atoms with Gasteiger partial charge in [-0.3, -0.25) is 0 Å². The summed E-state index contributed by atoms with van der Waals surface area (Å²) in [5.41, 5.74) is 3.43. The lowest BCUT2D eigenvalue weighted by Gasteiger charge is -2.13. The summed E-state index contributed by atoms with van der Waals surface area (Å²) in [6.07, 6.45) is 3.29. The number of halogens is 2. The molecule has 2 aromatic rings. The van der Waals surface area contributed by atoms with Crippen molar-refractivity contribution in [2.24, 2.45) is 0 Å². The molecular formula is C20H24F2N2O2. The number of benzene rings is 2. The Bertz CT molecular complexity index is 736.